The van der Waals surface area contributed by atoms with E-state index in [1.54, 1.807) is 17.1 Å². The molecule has 2 saturated heterocycles. The minimum Gasteiger partial charge on any atom is -0.383 e. The summed E-state index contributed by atoms with van der Waals surface area (Å²) >= 11 is 0. The number of nitrogens with zero attached hydrogens (tertiary/aromatic N) is 8. The fourth-order valence-electron chi connectivity index (χ4n) is 6.24. The zero-order valence-corrected chi connectivity index (χ0v) is 21.2. The molecule has 7 rings (SSSR count). The molecular formula is C27H26N10O2. The summed E-state index contributed by atoms with van der Waals surface area (Å²) < 4.78 is 3.33. The molecule has 2 fully saturated rings. The molecule has 3 atom stereocenters. The smallest absolute Gasteiger partial charge is 0.292 e. The number of hydrogen-bond acceptors (Lipinski definition) is 8. The van der Waals surface area contributed by atoms with Crippen molar-refractivity contribution >= 4 is 23.2 Å². The Balaban J connectivity index is 1.27. The second-order valence-electron chi connectivity index (χ2n) is 10.2. The lowest BCUT2D eigenvalue weighted by atomic mass is 9.85. The van der Waals surface area contributed by atoms with Crippen molar-refractivity contribution in [1.82, 2.24) is 44.5 Å². The Morgan fingerprint density at radius 1 is 1.05 bits per heavy atom. The second kappa shape index (κ2) is 8.86. The monoisotopic (exact) mass is 522 g/mol. The molecule has 6 heterocycles. The average Bonchev–Trinajstić information content (AvgIpc) is 3.74. The van der Waals surface area contributed by atoms with Crippen LogP contribution in [0.1, 0.15) is 65.2 Å². The normalized spacial score (nSPS) is 20.5. The van der Waals surface area contributed by atoms with Crippen LogP contribution >= 0.6 is 0 Å². The number of aromatic amines is 1. The number of carbonyl (C=O) groups is 2. The topological polar surface area (TPSA) is 153 Å². The maximum absolute atomic E-state index is 13.1. The van der Waals surface area contributed by atoms with Crippen molar-refractivity contribution in [3.05, 3.63) is 72.3 Å². The van der Waals surface area contributed by atoms with Gasteiger partial charge in [0.25, 0.3) is 5.91 Å². The van der Waals surface area contributed by atoms with Gasteiger partial charge in [-0.25, -0.2) is 9.67 Å². The summed E-state index contributed by atoms with van der Waals surface area (Å²) in [5.41, 5.74) is 10.8. The number of carbonyl (C=O) groups excluding carboxylic acids is 2. The van der Waals surface area contributed by atoms with Gasteiger partial charge in [0.05, 0.1) is 29.3 Å². The summed E-state index contributed by atoms with van der Waals surface area (Å²) in [6.07, 6.45) is 9.99. The first-order valence-corrected chi connectivity index (χ1v) is 13.0. The molecule has 12 nitrogen and oxygen atoms in total. The van der Waals surface area contributed by atoms with Gasteiger partial charge in [-0.1, -0.05) is 18.2 Å². The third-order valence-electron chi connectivity index (χ3n) is 7.95. The van der Waals surface area contributed by atoms with Crippen LogP contribution in [0.3, 0.4) is 0 Å². The summed E-state index contributed by atoms with van der Waals surface area (Å²) in [4.78, 5) is 35.8. The van der Waals surface area contributed by atoms with E-state index in [4.69, 9.17) is 10.7 Å². The van der Waals surface area contributed by atoms with E-state index in [0.717, 1.165) is 29.7 Å². The Morgan fingerprint density at radius 3 is 2.51 bits per heavy atom. The Morgan fingerprint density at radius 2 is 1.82 bits per heavy atom. The number of ketones is 1. The number of nitrogen functional groups attached to an aromatic ring is 1. The Kier molecular flexibility index (Phi) is 5.28. The number of nitrogens with one attached hydrogen (secondary N) is 1. The van der Waals surface area contributed by atoms with Crippen molar-refractivity contribution in [2.24, 2.45) is 0 Å². The standard InChI is InChI=1S/C27H26N10O2/c1-15(38)22-23(16-9-19-7-8-20(10-16)36(19)27(39)25-29-14-30-34-25)33-26-21(12-32-37(26)24(22)28)17-11-31-35(13-17)18-5-3-2-4-6-18/h2-6,11-14,16,19-20H,7-10,28H2,1H3,(H,29,30,34)/t16?,19-,20+. The first-order chi connectivity index (χ1) is 19.0. The molecule has 5 aromatic rings. The highest BCUT2D eigenvalue weighted by Gasteiger charge is 2.45. The lowest BCUT2D eigenvalue weighted by molar-refractivity contribution is 0.0556. The molecule has 2 aliphatic rings. The SMILES string of the molecule is CC(=O)c1c(C2C[C@H]3CC[C@@H](C2)N3C(=O)c2nnc[nH]2)nc2c(-c3cnn(-c4ccccc4)c3)cnn2c1N. The molecule has 2 bridgehead atoms. The largest absolute Gasteiger partial charge is 0.383 e. The fourth-order valence-corrected chi connectivity index (χ4v) is 6.24. The van der Waals surface area contributed by atoms with E-state index in [-0.39, 0.29) is 41.3 Å². The predicted octanol–water partition coefficient (Wildman–Crippen LogP) is 3.04. The molecule has 0 aliphatic carbocycles. The van der Waals surface area contributed by atoms with Gasteiger partial charge in [0, 0.05) is 35.3 Å². The number of Topliss-reactive ketones (excluding diaryl/α,β-unsaturated/α-hetero) is 1. The van der Waals surface area contributed by atoms with E-state index in [0.29, 0.717) is 29.7 Å². The summed E-state index contributed by atoms with van der Waals surface area (Å²) in [5, 5.41) is 16.7. The second-order valence-corrected chi connectivity index (χ2v) is 10.2. The molecule has 196 valence electrons. The third kappa shape index (κ3) is 3.70. The number of aromatic nitrogens is 8. The quantitative estimate of drug-likeness (QED) is 0.334. The van der Waals surface area contributed by atoms with Crippen molar-refractivity contribution < 1.29 is 9.59 Å². The molecule has 4 aromatic heterocycles. The van der Waals surface area contributed by atoms with Crippen LogP contribution in [0.25, 0.3) is 22.5 Å². The Hall–Kier alpha value is -4.87. The highest BCUT2D eigenvalue weighted by atomic mass is 16.2. The molecule has 1 amide bonds. The van der Waals surface area contributed by atoms with Crippen molar-refractivity contribution in [1.29, 1.82) is 0 Å². The lowest BCUT2D eigenvalue weighted by Gasteiger charge is -2.38. The predicted molar refractivity (Wildman–Crippen MR) is 141 cm³/mol. The van der Waals surface area contributed by atoms with Crippen LogP contribution in [-0.2, 0) is 0 Å². The van der Waals surface area contributed by atoms with E-state index in [1.165, 1.54) is 17.8 Å². The van der Waals surface area contributed by atoms with Gasteiger partial charge in [-0.2, -0.15) is 14.7 Å². The number of anilines is 1. The number of fused-ring (bicyclic) bond motifs is 3. The molecule has 1 aromatic carbocycles. The van der Waals surface area contributed by atoms with Crippen LogP contribution in [0.15, 0.2) is 55.2 Å². The minimum absolute atomic E-state index is 0.0257. The van der Waals surface area contributed by atoms with Crippen LogP contribution in [0, 0.1) is 0 Å². The van der Waals surface area contributed by atoms with Crippen LogP contribution < -0.4 is 5.73 Å². The number of rotatable bonds is 5. The van der Waals surface area contributed by atoms with E-state index < -0.39 is 0 Å². The number of piperidine rings is 1. The molecule has 0 radical (unpaired) electrons. The molecule has 12 heteroatoms. The number of nitrogens with two attached hydrogens (primary N) is 1. The summed E-state index contributed by atoms with van der Waals surface area (Å²) in [6.45, 7) is 1.51. The fraction of sp³-hybridized carbons (Fsp3) is 0.296. The van der Waals surface area contributed by atoms with Crippen molar-refractivity contribution in [3.63, 3.8) is 0 Å². The van der Waals surface area contributed by atoms with Gasteiger partial charge >= 0.3 is 0 Å². The van der Waals surface area contributed by atoms with E-state index in [1.807, 2.05) is 41.4 Å². The van der Waals surface area contributed by atoms with Crippen LogP contribution in [-0.4, -0.2) is 68.2 Å². The van der Waals surface area contributed by atoms with Crippen LogP contribution in [0.4, 0.5) is 5.82 Å². The maximum Gasteiger partial charge on any atom is 0.292 e. The number of benzene rings is 1. The van der Waals surface area contributed by atoms with Gasteiger partial charge in [0.1, 0.15) is 12.1 Å². The third-order valence-corrected chi connectivity index (χ3v) is 7.95. The maximum atomic E-state index is 13.1. The molecule has 2 aliphatic heterocycles. The molecule has 39 heavy (non-hydrogen) atoms. The molecule has 3 N–H and O–H groups in total. The number of amides is 1. The van der Waals surface area contributed by atoms with E-state index >= 15 is 0 Å². The Bertz CT molecular complexity index is 1690. The first-order valence-electron chi connectivity index (χ1n) is 13.0. The van der Waals surface area contributed by atoms with Crippen LogP contribution in [0.2, 0.25) is 0 Å². The van der Waals surface area contributed by atoms with Gasteiger partial charge in [0.2, 0.25) is 5.82 Å². The van der Waals surface area contributed by atoms with Gasteiger partial charge in [-0.3, -0.25) is 9.59 Å². The highest BCUT2D eigenvalue weighted by Crippen LogP contribution is 2.45. The first kappa shape index (κ1) is 23.3. The number of para-hydroxylation sites is 1. The van der Waals surface area contributed by atoms with Crippen molar-refractivity contribution in [3.8, 4) is 16.8 Å². The summed E-state index contributed by atoms with van der Waals surface area (Å²) in [6, 6.07) is 9.89. The van der Waals surface area contributed by atoms with Crippen molar-refractivity contribution in [2.45, 2.75) is 50.6 Å². The molecule has 0 saturated carbocycles. The molecule has 0 spiro atoms. The van der Waals surface area contributed by atoms with Gasteiger partial charge in [0.15, 0.2) is 11.4 Å². The zero-order valence-electron chi connectivity index (χ0n) is 21.2. The van der Waals surface area contributed by atoms with Gasteiger partial charge in [-0.05, 0) is 44.7 Å². The number of hydrogen-bond donors (Lipinski definition) is 2. The summed E-state index contributed by atoms with van der Waals surface area (Å²) in [5.74, 6) is 0.206. The Labute approximate surface area is 222 Å². The summed E-state index contributed by atoms with van der Waals surface area (Å²) in [7, 11) is 0. The molecule has 1 unspecified atom stereocenters. The average molecular weight is 523 g/mol. The van der Waals surface area contributed by atoms with Crippen LogP contribution in [0.5, 0.6) is 0 Å². The number of H-pyrrole nitrogens is 1. The van der Waals surface area contributed by atoms with Gasteiger partial charge < -0.3 is 15.6 Å². The van der Waals surface area contributed by atoms with Crippen molar-refractivity contribution in [2.75, 3.05) is 5.73 Å². The molecular weight excluding hydrogens is 496 g/mol. The highest BCUT2D eigenvalue weighted by molar-refractivity contribution is 6.00. The van der Waals surface area contributed by atoms with E-state index in [9.17, 15) is 9.59 Å². The zero-order chi connectivity index (χ0) is 26.7. The minimum atomic E-state index is -0.154. The lowest BCUT2D eigenvalue weighted by Crippen LogP contribution is -2.46. The van der Waals surface area contributed by atoms with E-state index in [2.05, 4.69) is 25.4 Å². The van der Waals surface area contributed by atoms with Gasteiger partial charge in [-0.15, -0.1) is 10.2 Å².